The molecule has 2 aromatic rings. The van der Waals surface area contributed by atoms with E-state index in [0.29, 0.717) is 23.5 Å². The molecule has 0 aliphatic rings. The van der Waals surface area contributed by atoms with E-state index in [-0.39, 0.29) is 43.2 Å². The highest BCUT2D eigenvalue weighted by Gasteiger charge is 2.11. The number of aromatic nitrogens is 2. The number of rotatable bonds is 7. The van der Waals surface area contributed by atoms with Crippen molar-refractivity contribution >= 4 is 48.0 Å². The van der Waals surface area contributed by atoms with Crippen molar-refractivity contribution in [2.75, 3.05) is 38.2 Å². The fraction of sp³-hybridized carbons (Fsp3) is 0.353. The Bertz CT molecular complexity index is 764. The topological polar surface area (TPSA) is 105 Å². The highest BCUT2D eigenvalue weighted by atomic mass is 35.5. The van der Waals surface area contributed by atoms with Gasteiger partial charge in [-0.2, -0.15) is 5.10 Å². The zero-order valence-corrected chi connectivity index (χ0v) is 17.2. The van der Waals surface area contributed by atoms with Gasteiger partial charge in [0.05, 0.1) is 11.9 Å². The minimum absolute atomic E-state index is 0. The number of hydrogen-bond donors (Lipinski definition) is 3. The van der Waals surface area contributed by atoms with E-state index in [9.17, 15) is 9.59 Å². The largest absolute Gasteiger partial charge is 0.399 e. The second-order valence-corrected chi connectivity index (χ2v) is 6.11. The van der Waals surface area contributed by atoms with Crippen LogP contribution in [0.15, 0.2) is 30.6 Å². The zero-order valence-electron chi connectivity index (χ0n) is 15.6. The van der Waals surface area contributed by atoms with E-state index in [0.717, 1.165) is 12.1 Å². The molecule has 2 amide bonds. The highest BCUT2D eigenvalue weighted by Crippen LogP contribution is 2.15. The normalized spacial score (nSPS) is 9.93. The molecule has 0 saturated heterocycles. The van der Waals surface area contributed by atoms with Crippen LogP contribution < -0.4 is 16.4 Å². The first-order valence-corrected chi connectivity index (χ1v) is 7.96. The second-order valence-electron chi connectivity index (χ2n) is 6.11. The van der Waals surface area contributed by atoms with Gasteiger partial charge < -0.3 is 21.3 Å². The molecular weight excluding hydrogens is 391 g/mol. The fourth-order valence-corrected chi connectivity index (χ4v) is 2.22. The van der Waals surface area contributed by atoms with Crippen molar-refractivity contribution in [3.05, 3.63) is 41.7 Å². The third kappa shape index (κ3) is 7.86. The molecule has 0 atom stereocenters. The number of likely N-dealkylation sites (N-methyl/N-ethyl adjacent to an activating group) is 1. The summed E-state index contributed by atoms with van der Waals surface area (Å²) in [5, 5.41) is 9.66. The molecule has 0 fully saturated rings. The van der Waals surface area contributed by atoms with Crippen LogP contribution in [0.4, 0.5) is 11.4 Å². The lowest BCUT2D eigenvalue weighted by molar-refractivity contribution is -0.121. The summed E-state index contributed by atoms with van der Waals surface area (Å²) in [5.74, 6) is -0.394. The predicted molar refractivity (Wildman–Crippen MR) is 112 cm³/mol. The number of hydrogen-bond acceptors (Lipinski definition) is 5. The Balaban J connectivity index is 0.00000338. The Labute approximate surface area is 171 Å². The number of anilines is 2. The molecule has 1 heterocycles. The highest BCUT2D eigenvalue weighted by molar-refractivity contribution is 6.05. The quantitative estimate of drug-likeness (QED) is 0.593. The van der Waals surface area contributed by atoms with Gasteiger partial charge in [-0.05, 0) is 38.7 Å². The molecule has 0 bridgehead atoms. The van der Waals surface area contributed by atoms with Gasteiger partial charge >= 0.3 is 0 Å². The number of carbonyl (C=O) groups is 2. The van der Waals surface area contributed by atoms with Crippen LogP contribution >= 0.6 is 24.8 Å². The molecule has 0 aliphatic heterocycles. The molecule has 0 spiro atoms. The summed E-state index contributed by atoms with van der Waals surface area (Å²) < 4.78 is 1.48. The minimum atomic E-state index is -0.264. The molecule has 2 rings (SSSR count). The van der Waals surface area contributed by atoms with Crippen LogP contribution in [-0.4, -0.2) is 53.7 Å². The number of aryl methyl sites for hydroxylation is 1. The van der Waals surface area contributed by atoms with Crippen molar-refractivity contribution in [1.29, 1.82) is 0 Å². The summed E-state index contributed by atoms with van der Waals surface area (Å²) in [6.07, 6.45) is 3.12. The lowest BCUT2D eigenvalue weighted by atomic mass is 10.1. The van der Waals surface area contributed by atoms with Crippen LogP contribution in [0.2, 0.25) is 0 Å². The molecule has 0 aliphatic carbocycles. The maximum absolute atomic E-state index is 12.3. The third-order valence-electron chi connectivity index (χ3n) is 3.58. The average Bonchev–Trinajstić information content (AvgIpc) is 2.96. The van der Waals surface area contributed by atoms with Gasteiger partial charge in [-0.25, -0.2) is 0 Å². The van der Waals surface area contributed by atoms with Gasteiger partial charge in [0.2, 0.25) is 5.91 Å². The van der Waals surface area contributed by atoms with Crippen molar-refractivity contribution in [2.45, 2.75) is 13.5 Å². The van der Waals surface area contributed by atoms with E-state index in [1.54, 1.807) is 24.4 Å². The van der Waals surface area contributed by atoms with Gasteiger partial charge in [-0.15, -0.1) is 24.8 Å². The molecule has 0 saturated carbocycles. The molecule has 27 heavy (non-hydrogen) atoms. The summed E-state index contributed by atoms with van der Waals surface area (Å²) in [7, 11) is 3.88. The number of benzene rings is 1. The van der Waals surface area contributed by atoms with Crippen LogP contribution in [0.1, 0.15) is 15.9 Å². The Morgan fingerprint density at radius 1 is 1.26 bits per heavy atom. The van der Waals surface area contributed by atoms with Crippen molar-refractivity contribution in [2.24, 2.45) is 0 Å². The minimum Gasteiger partial charge on any atom is -0.399 e. The summed E-state index contributed by atoms with van der Waals surface area (Å²) in [6, 6.07) is 5.18. The van der Waals surface area contributed by atoms with E-state index in [1.807, 2.05) is 25.9 Å². The van der Waals surface area contributed by atoms with Crippen molar-refractivity contribution < 1.29 is 9.59 Å². The maximum Gasteiger partial charge on any atom is 0.256 e. The SMILES string of the molecule is Cc1ccc(N)cc1C(=O)Nc1cnn(CC(=O)NCCN(C)C)c1.Cl.Cl. The van der Waals surface area contributed by atoms with Gasteiger partial charge in [-0.1, -0.05) is 6.07 Å². The van der Waals surface area contributed by atoms with Crippen molar-refractivity contribution in [3.8, 4) is 0 Å². The first-order chi connectivity index (χ1) is 11.8. The number of nitrogens with zero attached hydrogens (tertiary/aromatic N) is 3. The smallest absolute Gasteiger partial charge is 0.256 e. The third-order valence-corrected chi connectivity index (χ3v) is 3.58. The zero-order chi connectivity index (χ0) is 18.4. The van der Waals surface area contributed by atoms with E-state index in [1.165, 1.54) is 10.9 Å². The molecule has 4 N–H and O–H groups in total. The van der Waals surface area contributed by atoms with E-state index in [4.69, 9.17) is 5.73 Å². The number of halogens is 2. The predicted octanol–water partition coefficient (Wildman–Crippen LogP) is 1.55. The average molecular weight is 417 g/mol. The van der Waals surface area contributed by atoms with Crippen LogP contribution in [0.25, 0.3) is 0 Å². The fourth-order valence-electron chi connectivity index (χ4n) is 2.22. The summed E-state index contributed by atoms with van der Waals surface area (Å²) in [5.41, 5.74) is 8.12. The lowest BCUT2D eigenvalue weighted by Crippen LogP contribution is -2.33. The molecule has 150 valence electrons. The standard InChI is InChI=1S/C17H24N6O2.2ClH/c1-12-4-5-13(18)8-15(12)17(25)21-14-9-20-23(10-14)11-16(24)19-6-7-22(2)3;;/h4-5,8-10H,6-7,11,18H2,1-3H3,(H,19,24)(H,21,25);2*1H. The van der Waals surface area contributed by atoms with Crippen LogP contribution in [0.5, 0.6) is 0 Å². The molecule has 0 unspecified atom stereocenters. The van der Waals surface area contributed by atoms with Crippen LogP contribution in [0.3, 0.4) is 0 Å². The Kier molecular flexibility index (Phi) is 10.5. The van der Waals surface area contributed by atoms with Gasteiger partial charge in [0, 0.05) is 30.5 Å². The molecule has 0 radical (unpaired) electrons. The maximum atomic E-state index is 12.3. The van der Waals surface area contributed by atoms with E-state index >= 15 is 0 Å². The van der Waals surface area contributed by atoms with E-state index < -0.39 is 0 Å². The van der Waals surface area contributed by atoms with Crippen LogP contribution in [-0.2, 0) is 11.3 Å². The van der Waals surface area contributed by atoms with E-state index in [2.05, 4.69) is 15.7 Å². The van der Waals surface area contributed by atoms with Crippen molar-refractivity contribution in [1.82, 2.24) is 20.0 Å². The molecule has 8 nitrogen and oxygen atoms in total. The van der Waals surface area contributed by atoms with Crippen molar-refractivity contribution in [3.63, 3.8) is 0 Å². The lowest BCUT2D eigenvalue weighted by Gasteiger charge is -2.10. The second kappa shape index (κ2) is 11.4. The van der Waals surface area contributed by atoms with Gasteiger partial charge in [0.15, 0.2) is 0 Å². The van der Waals surface area contributed by atoms with Gasteiger partial charge in [0.1, 0.15) is 6.54 Å². The molecule has 1 aromatic carbocycles. The molecular formula is C17H26Cl2N6O2. The number of amides is 2. The summed E-state index contributed by atoms with van der Waals surface area (Å²) in [4.78, 5) is 26.2. The Hall–Kier alpha value is -2.29. The molecule has 10 heteroatoms. The summed E-state index contributed by atoms with van der Waals surface area (Å²) in [6.45, 7) is 3.29. The van der Waals surface area contributed by atoms with Gasteiger partial charge in [-0.3, -0.25) is 14.3 Å². The first-order valence-electron chi connectivity index (χ1n) is 7.96. The monoisotopic (exact) mass is 416 g/mol. The molecule has 1 aromatic heterocycles. The number of nitrogens with two attached hydrogens (primary N) is 1. The van der Waals surface area contributed by atoms with Crippen LogP contribution in [0, 0.1) is 6.92 Å². The number of carbonyl (C=O) groups excluding carboxylic acids is 2. The summed E-state index contributed by atoms with van der Waals surface area (Å²) >= 11 is 0. The number of nitrogen functional groups attached to an aromatic ring is 1. The first kappa shape index (κ1) is 24.7. The van der Waals surface area contributed by atoms with Gasteiger partial charge in [0.25, 0.3) is 5.91 Å². The Morgan fingerprint density at radius 3 is 2.63 bits per heavy atom. The Morgan fingerprint density at radius 2 is 1.96 bits per heavy atom. The number of nitrogens with one attached hydrogen (secondary N) is 2.